The van der Waals surface area contributed by atoms with E-state index in [4.69, 9.17) is 12.6 Å². The zero-order chi connectivity index (χ0) is 14.8. The largest absolute Gasteiger partial charge is 0.444 e. The third-order valence-corrected chi connectivity index (χ3v) is 3.03. The van der Waals surface area contributed by atoms with E-state index >= 15 is 0 Å². The van der Waals surface area contributed by atoms with Gasteiger partial charge in [-0.15, -0.1) is 0 Å². The molecule has 106 valence electrons. The highest BCUT2D eigenvalue weighted by atomic mass is 16.6. The van der Waals surface area contributed by atoms with Crippen LogP contribution in [0.1, 0.15) is 20.8 Å². The zero-order valence-electron chi connectivity index (χ0n) is 12.3. The molecule has 5 nitrogen and oxygen atoms in total. The highest BCUT2D eigenvalue weighted by molar-refractivity contribution is 6.32. The Labute approximate surface area is 121 Å². The van der Waals surface area contributed by atoms with Gasteiger partial charge in [-0.05, 0) is 26.8 Å². The molecule has 0 bridgehead atoms. The molecule has 0 atom stereocenters. The summed E-state index contributed by atoms with van der Waals surface area (Å²) in [5.74, 6) is 0.892. The molecule has 1 fully saturated rings. The second-order valence-corrected chi connectivity index (χ2v) is 5.90. The van der Waals surface area contributed by atoms with Crippen LogP contribution in [0.2, 0.25) is 0 Å². The minimum atomic E-state index is -0.452. The topological polar surface area (TPSA) is 45.7 Å². The maximum Gasteiger partial charge on any atom is 0.410 e. The van der Waals surface area contributed by atoms with E-state index in [-0.39, 0.29) is 6.09 Å². The number of pyridine rings is 1. The van der Waals surface area contributed by atoms with Crippen molar-refractivity contribution in [3.63, 3.8) is 0 Å². The average Bonchev–Trinajstić information content (AvgIpc) is 2.38. The van der Waals surface area contributed by atoms with Crippen molar-refractivity contribution in [1.29, 1.82) is 0 Å². The van der Waals surface area contributed by atoms with Crippen LogP contribution >= 0.6 is 0 Å². The van der Waals surface area contributed by atoms with Crippen LogP contribution in [0.4, 0.5) is 10.6 Å². The van der Waals surface area contributed by atoms with Gasteiger partial charge < -0.3 is 14.5 Å². The van der Waals surface area contributed by atoms with Gasteiger partial charge in [0.1, 0.15) is 19.3 Å². The molecule has 0 saturated carbocycles. The number of carbonyl (C=O) groups is 1. The molecule has 2 rings (SSSR count). The minimum absolute atomic E-state index is 0.248. The summed E-state index contributed by atoms with van der Waals surface area (Å²) in [5, 5.41) is 0. The van der Waals surface area contributed by atoms with Gasteiger partial charge in [0.05, 0.1) is 0 Å². The van der Waals surface area contributed by atoms with E-state index in [2.05, 4.69) is 9.88 Å². The van der Waals surface area contributed by atoms with Crippen LogP contribution in [0.3, 0.4) is 0 Å². The normalized spacial score (nSPS) is 16.1. The Balaban J connectivity index is 1.89. The van der Waals surface area contributed by atoms with Crippen molar-refractivity contribution in [2.24, 2.45) is 0 Å². The van der Waals surface area contributed by atoms with Crippen LogP contribution in [0.5, 0.6) is 0 Å². The summed E-state index contributed by atoms with van der Waals surface area (Å²) in [6.45, 7) is 8.40. The Bertz CT molecular complexity index is 462. The monoisotopic (exact) mass is 273 g/mol. The van der Waals surface area contributed by atoms with Crippen molar-refractivity contribution in [2.45, 2.75) is 26.4 Å². The van der Waals surface area contributed by atoms with E-state index in [9.17, 15) is 4.79 Å². The molecule has 1 amide bonds. The molecule has 2 radical (unpaired) electrons. The van der Waals surface area contributed by atoms with Gasteiger partial charge in [0.2, 0.25) is 0 Å². The molecule has 0 aromatic carbocycles. The SMILES string of the molecule is [B]c1ccc(N2CCN(C(=O)OC(C)(C)C)CC2)nc1. The molecular formula is C14H20BN3O2. The fraction of sp³-hybridized carbons (Fsp3) is 0.571. The van der Waals surface area contributed by atoms with Gasteiger partial charge in [0.25, 0.3) is 0 Å². The number of ether oxygens (including phenoxy) is 1. The number of hydrogen-bond acceptors (Lipinski definition) is 4. The first-order chi connectivity index (χ1) is 9.35. The number of hydrogen-bond donors (Lipinski definition) is 0. The predicted octanol–water partition coefficient (Wildman–Crippen LogP) is 0.932. The first kappa shape index (κ1) is 14.7. The summed E-state index contributed by atoms with van der Waals surface area (Å²) < 4.78 is 5.37. The van der Waals surface area contributed by atoms with Crippen LogP contribution in [0, 0.1) is 0 Å². The number of carbonyl (C=O) groups excluding carboxylic acids is 1. The van der Waals surface area contributed by atoms with Crippen molar-refractivity contribution in [3.05, 3.63) is 18.3 Å². The quantitative estimate of drug-likeness (QED) is 0.714. The fourth-order valence-electron chi connectivity index (χ4n) is 2.03. The van der Waals surface area contributed by atoms with E-state index in [1.807, 2.05) is 32.9 Å². The summed E-state index contributed by atoms with van der Waals surface area (Å²) >= 11 is 0. The standard InChI is InChI=1S/C14H20BN3O2/c1-14(2,3)20-13(19)18-8-6-17(7-9-18)12-5-4-11(15)10-16-12/h4-5,10H,6-9H2,1-3H3. The number of aromatic nitrogens is 1. The lowest BCUT2D eigenvalue weighted by molar-refractivity contribution is 0.0240. The van der Waals surface area contributed by atoms with Gasteiger partial charge in [-0.1, -0.05) is 11.5 Å². The molecule has 1 saturated heterocycles. The number of rotatable bonds is 1. The second-order valence-electron chi connectivity index (χ2n) is 5.90. The molecule has 1 aromatic heterocycles. The molecule has 6 heteroatoms. The van der Waals surface area contributed by atoms with Crippen molar-refractivity contribution in [2.75, 3.05) is 31.1 Å². The summed E-state index contributed by atoms with van der Waals surface area (Å²) in [7, 11) is 5.63. The number of piperazine rings is 1. The second kappa shape index (κ2) is 5.73. The van der Waals surface area contributed by atoms with E-state index in [1.54, 1.807) is 11.1 Å². The molecule has 20 heavy (non-hydrogen) atoms. The summed E-state index contributed by atoms with van der Waals surface area (Å²) in [6, 6.07) is 3.74. The Hall–Kier alpha value is -1.72. The maximum atomic E-state index is 12.0. The molecule has 0 aliphatic carbocycles. The van der Waals surface area contributed by atoms with Gasteiger partial charge in [-0.3, -0.25) is 0 Å². The van der Waals surface area contributed by atoms with Gasteiger partial charge in [0.15, 0.2) is 0 Å². The van der Waals surface area contributed by atoms with Gasteiger partial charge in [-0.2, -0.15) is 0 Å². The third kappa shape index (κ3) is 3.89. The molecule has 0 spiro atoms. The Morgan fingerprint density at radius 3 is 2.40 bits per heavy atom. The van der Waals surface area contributed by atoms with Crippen LogP contribution in [-0.4, -0.2) is 55.6 Å². The lowest BCUT2D eigenvalue weighted by Gasteiger charge is -2.36. The number of anilines is 1. The molecule has 0 N–H and O–H groups in total. The van der Waals surface area contributed by atoms with E-state index < -0.39 is 5.60 Å². The molecule has 2 heterocycles. The van der Waals surface area contributed by atoms with Crippen molar-refractivity contribution in [1.82, 2.24) is 9.88 Å². The first-order valence-electron chi connectivity index (χ1n) is 6.79. The highest BCUT2D eigenvalue weighted by Crippen LogP contribution is 2.15. The molecule has 1 aliphatic heterocycles. The van der Waals surface area contributed by atoms with Crippen molar-refractivity contribution < 1.29 is 9.53 Å². The Kier molecular flexibility index (Phi) is 4.21. The fourth-order valence-corrected chi connectivity index (χ4v) is 2.03. The lowest BCUT2D eigenvalue weighted by atomic mass is 9.99. The average molecular weight is 273 g/mol. The van der Waals surface area contributed by atoms with Crippen LogP contribution < -0.4 is 10.4 Å². The van der Waals surface area contributed by atoms with Crippen molar-refractivity contribution in [3.8, 4) is 0 Å². The van der Waals surface area contributed by atoms with Gasteiger partial charge in [0, 0.05) is 32.4 Å². The Morgan fingerprint density at radius 2 is 1.90 bits per heavy atom. The molecule has 1 aromatic rings. The van der Waals surface area contributed by atoms with Gasteiger partial charge >= 0.3 is 6.09 Å². The van der Waals surface area contributed by atoms with Gasteiger partial charge in [-0.25, -0.2) is 9.78 Å². The number of nitrogens with zero attached hydrogens (tertiary/aromatic N) is 3. The van der Waals surface area contributed by atoms with E-state index in [1.165, 1.54) is 0 Å². The zero-order valence-corrected chi connectivity index (χ0v) is 12.3. The van der Waals surface area contributed by atoms with Crippen molar-refractivity contribution >= 4 is 25.2 Å². The predicted molar refractivity (Wildman–Crippen MR) is 79.6 cm³/mol. The summed E-state index contributed by atoms with van der Waals surface area (Å²) in [5.41, 5.74) is 0.202. The number of amides is 1. The van der Waals surface area contributed by atoms with E-state index in [0.717, 1.165) is 18.9 Å². The lowest BCUT2D eigenvalue weighted by Crippen LogP contribution is -2.50. The van der Waals surface area contributed by atoms with Crippen LogP contribution in [0.15, 0.2) is 18.3 Å². The minimum Gasteiger partial charge on any atom is -0.444 e. The summed E-state index contributed by atoms with van der Waals surface area (Å²) in [6.07, 6.45) is 1.40. The smallest absolute Gasteiger partial charge is 0.410 e. The maximum absolute atomic E-state index is 12.0. The third-order valence-electron chi connectivity index (χ3n) is 3.03. The molecule has 1 aliphatic rings. The van der Waals surface area contributed by atoms with E-state index in [0.29, 0.717) is 18.6 Å². The first-order valence-corrected chi connectivity index (χ1v) is 6.79. The van der Waals surface area contributed by atoms with Crippen LogP contribution in [0.25, 0.3) is 0 Å². The summed E-state index contributed by atoms with van der Waals surface area (Å²) in [4.78, 5) is 20.1. The Morgan fingerprint density at radius 1 is 1.25 bits per heavy atom. The molecular weight excluding hydrogens is 253 g/mol. The highest BCUT2D eigenvalue weighted by Gasteiger charge is 2.26. The molecule has 0 unspecified atom stereocenters. The van der Waals surface area contributed by atoms with Crippen LogP contribution in [-0.2, 0) is 4.74 Å².